The van der Waals surface area contributed by atoms with E-state index in [2.05, 4.69) is 16.8 Å². The first kappa shape index (κ1) is 19.2. The fourth-order valence-electron chi connectivity index (χ4n) is 3.56. The second kappa shape index (κ2) is 8.00. The third-order valence-electron chi connectivity index (χ3n) is 5.57. The number of rotatable bonds is 5. The fraction of sp³-hybridized carbons (Fsp3) is 0.500. The van der Waals surface area contributed by atoms with Crippen molar-refractivity contribution in [3.8, 4) is 5.75 Å². The zero-order chi connectivity index (χ0) is 19.6. The zero-order valence-corrected chi connectivity index (χ0v) is 16.1. The third-order valence-corrected chi connectivity index (χ3v) is 5.57. The van der Waals surface area contributed by atoms with Gasteiger partial charge in [-0.2, -0.15) is 0 Å². The van der Waals surface area contributed by atoms with Gasteiger partial charge in [0.1, 0.15) is 5.75 Å². The minimum absolute atomic E-state index is 0.0132. The highest BCUT2D eigenvalue weighted by atomic mass is 16.3. The number of carbonyl (C=O) groups excluding carboxylic acids is 2. The average molecular weight is 372 g/mol. The van der Waals surface area contributed by atoms with Crippen molar-refractivity contribution in [2.24, 2.45) is 0 Å². The molecule has 1 aromatic rings. The number of benzene rings is 1. The van der Waals surface area contributed by atoms with E-state index < -0.39 is 0 Å². The molecular weight excluding hydrogens is 344 g/mol. The Hall–Kier alpha value is -2.54. The molecule has 0 unspecified atom stereocenters. The summed E-state index contributed by atoms with van der Waals surface area (Å²) in [6, 6.07) is 3.96. The largest absolute Gasteiger partial charge is 0.506 e. The summed E-state index contributed by atoms with van der Waals surface area (Å²) >= 11 is 0. The highest BCUT2D eigenvalue weighted by molar-refractivity contribution is 5.87. The number of aromatic hydroxyl groups is 1. The number of nitrogens with one attached hydrogen (secondary N) is 1. The van der Waals surface area contributed by atoms with E-state index in [1.165, 1.54) is 6.08 Å². The molecule has 7 nitrogen and oxygen atoms in total. The molecule has 0 aromatic heterocycles. The van der Waals surface area contributed by atoms with Crippen molar-refractivity contribution in [3.63, 3.8) is 0 Å². The standard InChI is InChI=1S/C20H28N4O3/c1-4-19(26)24-12-16(13-24)22-5-7-23(8-6-22)20(27)11-21-17-9-14(2)15(3)10-18(17)25/h4,9-10,16,21,25H,1,5-8,11-13H2,2-3H3. The van der Waals surface area contributed by atoms with Crippen LogP contribution in [0, 0.1) is 13.8 Å². The van der Waals surface area contributed by atoms with Gasteiger partial charge in [0.25, 0.3) is 0 Å². The summed E-state index contributed by atoms with van der Waals surface area (Å²) in [5, 5.41) is 13.1. The van der Waals surface area contributed by atoms with Gasteiger partial charge in [0.15, 0.2) is 0 Å². The normalized spacial score (nSPS) is 18.1. The first-order valence-electron chi connectivity index (χ1n) is 9.36. The molecule has 146 valence electrons. The van der Waals surface area contributed by atoms with Crippen LogP contribution in [0.25, 0.3) is 0 Å². The van der Waals surface area contributed by atoms with Crippen LogP contribution in [-0.4, -0.2) is 83.5 Å². The maximum atomic E-state index is 12.5. The van der Waals surface area contributed by atoms with Gasteiger partial charge in [-0.3, -0.25) is 14.5 Å². The van der Waals surface area contributed by atoms with Gasteiger partial charge < -0.3 is 20.2 Å². The van der Waals surface area contributed by atoms with Crippen LogP contribution in [0.4, 0.5) is 5.69 Å². The smallest absolute Gasteiger partial charge is 0.246 e. The summed E-state index contributed by atoms with van der Waals surface area (Å²) in [6.07, 6.45) is 1.35. The third kappa shape index (κ3) is 4.24. The van der Waals surface area contributed by atoms with Crippen LogP contribution in [0.3, 0.4) is 0 Å². The Morgan fingerprint density at radius 1 is 1.15 bits per heavy atom. The lowest BCUT2D eigenvalue weighted by Crippen LogP contribution is -2.64. The molecule has 2 N–H and O–H groups in total. The molecule has 0 spiro atoms. The van der Waals surface area contributed by atoms with Crippen LogP contribution < -0.4 is 5.32 Å². The molecule has 0 aliphatic carbocycles. The van der Waals surface area contributed by atoms with E-state index in [1.807, 2.05) is 24.8 Å². The summed E-state index contributed by atoms with van der Waals surface area (Å²) in [5.41, 5.74) is 2.68. The Bertz CT molecular complexity index is 735. The van der Waals surface area contributed by atoms with E-state index in [9.17, 15) is 14.7 Å². The van der Waals surface area contributed by atoms with Crippen LogP contribution in [0.1, 0.15) is 11.1 Å². The molecule has 7 heteroatoms. The van der Waals surface area contributed by atoms with Crippen molar-refractivity contribution in [1.29, 1.82) is 0 Å². The highest BCUT2D eigenvalue weighted by Crippen LogP contribution is 2.26. The highest BCUT2D eigenvalue weighted by Gasteiger charge is 2.35. The van der Waals surface area contributed by atoms with Gasteiger partial charge >= 0.3 is 0 Å². The molecule has 2 heterocycles. The summed E-state index contributed by atoms with van der Waals surface area (Å²) in [4.78, 5) is 30.0. The number of hydrogen-bond donors (Lipinski definition) is 2. The number of hydrogen-bond acceptors (Lipinski definition) is 5. The van der Waals surface area contributed by atoms with Gasteiger partial charge in [0, 0.05) is 45.3 Å². The molecule has 27 heavy (non-hydrogen) atoms. The molecule has 0 bridgehead atoms. The lowest BCUT2D eigenvalue weighted by Gasteiger charge is -2.47. The van der Waals surface area contributed by atoms with Crippen LogP contribution >= 0.6 is 0 Å². The Morgan fingerprint density at radius 2 is 1.78 bits per heavy atom. The maximum Gasteiger partial charge on any atom is 0.246 e. The number of phenols is 1. The molecular formula is C20H28N4O3. The summed E-state index contributed by atoms with van der Waals surface area (Å²) in [6.45, 7) is 12.1. The number of nitrogens with zero attached hydrogens (tertiary/aromatic N) is 3. The number of aryl methyl sites for hydroxylation is 2. The molecule has 2 fully saturated rings. The minimum atomic E-state index is -0.0132. The Morgan fingerprint density at radius 3 is 2.41 bits per heavy atom. The summed E-state index contributed by atoms with van der Waals surface area (Å²) < 4.78 is 0. The first-order chi connectivity index (χ1) is 12.9. The lowest BCUT2D eigenvalue weighted by molar-refractivity contribution is -0.135. The molecule has 2 aliphatic rings. The molecule has 2 amide bonds. The molecule has 0 saturated carbocycles. The maximum absolute atomic E-state index is 12.5. The zero-order valence-electron chi connectivity index (χ0n) is 16.1. The summed E-state index contributed by atoms with van der Waals surface area (Å²) in [7, 11) is 0. The van der Waals surface area contributed by atoms with E-state index in [1.54, 1.807) is 11.0 Å². The van der Waals surface area contributed by atoms with Crippen LogP contribution in [-0.2, 0) is 9.59 Å². The van der Waals surface area contributed by atoms with Crippen molar-refractivity contribution in [2.45, 2.75) is 19.9 Å². The summed E-state index contributed by atoms with van der Waals surface area (Å²) in [5.74, 6) is 0.185. The van der Waals surface area contributed by atoms with Crippen molar-refractivity contribution in [2.75, 3.05) is 51.1 Å². The molecule has 2 aliphatic heterocycles. The topological polar surface area (TPSA) is 76.1 Å². The monoisotopic (exact) mass is 372 g/mol. The van der Waals surface area contributed by atoms with Gasteiger partial charge in [0.05, 0.1) is 12.2 Å². The van der Waals surface area contributed by atoms with Crippen molar-refractivity contribution in [3.05, 3.63) is 35.9 Å². The minimum Gasteiger partial charge on any atom is -0.506 e. The van der Waals surface area contributed by atoms with Gasteiger partial charge in [-0.05, 0) is 43.2 Å². The number of piperazine rings is 1. The number of phenolic OH excluding ortho intramolecular Hbond substituents is 1. The van der Waals surface area contributed by atoms with E-state index in [0.29, 0.717) is 24.8 Å². The average Bonchev–Trinajstić information content (AvgIpc) is 2.62. The van der Waals surface area contributed by atoms with Gasteiger partial charge in [-0.25, -0.2) is 0 Å². The number of amides is 2. The molecule has 0 radical (unpaired) electrons. The fourth-order valence-corrected chi connectivity index (χ4v) is 3.56. The molecule has 2 saturated heterocycles. The SMILES string of the molecule is C=CC(=O)N1CC(N2CCN(C(=O)CNc3cc(C)c(C)cc3O)CC2)C1. The van der Waals surface area contributed by atoms with Crippen molar-refractivity contribution < 1.29 is 14.7 Å². The molecule has 0 atom stereocenters. The number of carbonyl (C=O) groups is 2. The van der Waals surface area contributed by atoms with Crippen LogP contribution in [0.15, 0.2) is 24.8 Å². The molecule has 1 aromatic carbocycles. The molecule has 3 rings (SSSR count). The number of likely N-dealkylation sites (tertiary alicyclic amines) is 1. The van der Waals surface area contributed by atoms with Gasteiger partial charge in [-0.15, -0.1) is 0 Å². The van der Waals surface area contributed by atoms with E-state index >= 15 is 0 Å². The lowest BCUT2D eigenvalue weighted by atomic mass is 10.1. The quantitative estimate of drug-likeness (QED) is 0.595. The van der Waals surface area contributed by atoms with Gasteiger partial charge in [0.2, 0.25) is 11.8 Å². The second-order valence-corrected chi connectivity index (χ2v) is 7.33. The van der Waals surface area contributed by atoms with E-state index in [0.717, 1.165) is 37.3 Å². The Balaban J connectivity index is 1.43. The van der Waals surface area contributed by atoms with Crippen LogP contribution in [0.2, 0.25) is 0 Å². The first-order valence-corrected chi connectivity index (χ1v) is 9.36. The van der Waals surface area contributed by atoms with Crippen molar-refractivity contribution in [1.82, 2.24) is 14.7 Å². The van der Waals surface area contributed by atoms with E-state index in [4.69, 9.17) is 0 Å². The van der Waals surface area contributed by atoms with Crippen LogP contribution in [0.5, 0.6) is 5.75 Å². The Labute approximate surface area is 160 Å². The van der Waals surface area contributed by atoms with Crippen molar-refractivity contribution >= 4 is 17.5 Å². The predicted molar refractivity (Wildman–Crippen MR) is 105 cm³/mol. The van der Waals surface area contributed by atoms with Gasteiger partial charge in [-0.1, -0.05) is 6.58 Å². The second-order valence-electron chi connectivity index (χ2n) is 7.33. The Kier molecular flexibility index (Phi) is 5.70. The number of anilines is 1. The van der Waals surface area contributed by atoms with E-state index in [-0.39, 0.29) is 24.1 Å². The predicted octanol–water partition coefficient (Wildman–Crippen LogP) is 0.962.